The molecule has 1 saturated carbocycles. The molecular weight excluding hydrogens is 383 g/mol. The molecule has 3 aromatic heterocycles. The van der Waals surface area contributed by atoms with Gasteiger partial charge in [0.1, 0.15) is 29.3 Å². The van der Waals surface area contributed by atoms with Crippen LogP contribution in [-0.2, 0) is 0 Å². The van der Waals surface area contributed by atoms with E-state index in [0.717, 1.165) is 52.7 Å². The molecular formula is C22H21FN6O. The van der Waals surface area contributed by atoms with E-state index in [9.17, 15) is 9.18 Å². The highest BCUT2D eigenvalue weighted by Crippen LogP contribution is 2.46. The molecule has 1 spiro atoms. The Kier molecular flexibility index (Phi) is 3.51. The van der Waals surface area contributed by atoms with Crippen molar-refractivity contribution in [3.05, 3.63) is 53.9 Å². The minimum Gasteiger partial charge on any atom is -0.352 e. The summed E-state index contributed by atoms with van der Waals surface area (Å²) in [7, 11) is 0. The molecule has 1 aliphatic carbocycles. The monoisotopic (exact) mass is 404 g/mol. The van der Waals surface area contributed by atoms with Crippen molar-refractivity contribution in [3.63, 3.8) is 0 Å². The summed E-state index contributed by atoms with van der Waals surface area (Å²) < 4.78 is 13.7. The van der Waals surface area contributed by atoms with Crippen LogP contribution in [0.4, 0.5) is 10.2 Å². The van der Waals surface area contributed by atoms with Crippen LogP contribution in [0.25, 0.3) is 21.9 Å². The van der Waals surface area contributed by atoms with Crippen LogP contribution in [0.3, 0.4) is 0 Å². The van der Waals surface area contributed by atoms with E-state index in [2.05, 4.69) is 24.8 Å². The highest BCUT2D eigenvalue weighted by Gasteiger charge is 2.54. The summed E-state index contributed by atoms with van der Waals surface area (Å²) in [6.07, 6.45) is 5.41. The van der Waals surface area contributed by atoms with Crippen LogP contribution in [-0.4, -0.2) is 55.9 Å². The quantitative estimate of drug-likeness (QED) is 0.537. The molecule has 0 unspecified atom stereocenters. The van der Waals surface area contributed by atoms with E-state index in [1.165, 1.54) is 12.1 Å². The number of hydrogen-bond donors (Lipinski definition) is 2. The zero-order valence-corrected chi connectivity index (χ0v) is 16.6. The van der Waals surface area contributed by atoms with Crippen LogP contribution in [0, 0.1) is 12.7 Å². The number of aryl methyl sites for hydroxylation is 1. The largest absolute Gasteiger partial charge is 0.352 e. The standard InChI is InChI=1S/C22H21FN6O/c1-13-16-10-14(23)2-3-17(16)27-18(13)21(30)29-9-8-28(11-22(29)5-6-22)20-15-4-7-24-19(15)25-12-26-20/h2-4,7,10,12,27H,5-6,8-9,11H2,1H3,(H,24,25,26). The molecule has 2 aliphatic rings. The number of piperazine rings is 1. The number of aromatic amines is 2. The third-order valence-electron chi connectivity index (χ3n) is 6.59. The van der Waals surface area contributed by atoms with Crippen molar-refractivity contribution in [2.75, 3.05) is 24.5 Å². The molecule has 1 amide bonds. The second-order valence-electron chi connectivity index (χ2n) is 8.35. The van der Waals surface area contributed by atoms with E-state index in [4.69, 9.17) is 0 Å². The van der Waals surface area contributed by atoms with Gasteiger partial charge in [-0.1, -0.05) is 0 Å². The Hall–Kier alpha value is -3.42. The summed E-state index contributed by atoms with van der Waals surface area (Å²) in [4.78, 5) is 32.9. The van der Waals surface area contributed by atoms with Gasteiger partial charge in [-0.05, 0) is 49.6 Å². The average molecular weight is 404 g/mol. The van der Waals surface area contributed by atoms with Gasteiger partial charge in [-0.25, -0.2) is 14.4 Å². The number of halogens is 1. The van der Waals surface area contributed by atoms with Crippen LogP contribution in [0.1, 0.15) is 28.9 Å². The Balaban J connectivity index is 1.32. The first-order valence-electron chi connectivity index (χ1n) is 10.2. The Bertz CT molecular complexity index is 1300. The fourth-order valence-corrected chi connectivity index (χ4v) is 4.81. The van der Waals surface area contributed by atoms with Crippen LogP contribution in [0.2, 0.25) is 0 Å². The fourth-order valence-electron chi connectivity index (χ4n) is 4.81. The lowest BCUT2D eigenvalue weighted by Crippen LogP contribution is -2.57. The van der Waals surface area contributed by atoms with E-state index in [1.807, 2.05) is 24.1 Å². The lowest BCUT2D eigenvalue weighted by atomic mass is 10.1. The molecule has 2 N–H and O–H groups in total. The second-order valence-corrected chi connectivity index (χ2v) is 8.35. The molecule has 7 nitrogen and oxygen atoms in total. The highest BCUT2D eigenvalue weighted by molar-refractivity contribution is 6.01. The van der Waals surface area contributed by atoms with Gasteiger partial charge in [0, 0.05) is 36.7 Å². The Morgan fingerprint density at radius 1 is 1.17 bits per heavy atom. The molecule has 1 aliphatic heterocycles. The molecule has 152 valence electrons. The predicted octanol–water partition coefficient (Wildman–Crippen LogP) is 3.38. The van der Waals surface area contributed by atoms with Crippen molar-refractivity contribution in [2.24, 2.45) is 0 Å². The molecule has 0 bridgehead atoms. The van der Waals surface area contributed by atoms with Crippen molar-refractivity contribution in [2.45, 2.75) is 25.3 Å². The van der Waals surface area contributed by atoms with Gasteiger partial charge < -0.3 is 19.8 Å². The molecule has 8 heteroatoms. The number of carbonyl (C=O) groups is 1. The number of amides is 1. The van der Waals surface area contributed by atoms with Crippen LogP contribution >= 0.6 is 0 Å². The van der Waals surface area contributed by atoms with Gasteiger partial charge in [-0.3, -0.25) is 4.79 Å². The zero-order chi connectivity index (χ0) is 20.5. The number of H-pyrrole nitrogens is 2. The maximum Gasteiger partial charge on any atom is 0.271 e. The molecule has 0 atom stereocenters. The van der Waals surface area contributed by atoms with Crippen molar-refractivity contribution in [1.29, 1.82) is 0 Å². The summed E-state index contributed by atoms with van der Waals surface area (Å²) >= 11 is 0. The highest BCUT2D eigenvalue weighted by atomic mass is 19.1. The number of fused-ring (bicyclic) bond motifs is 2. The number of nitrogens with one attached hydrogen (secondary N) is 2. The van der Waals surface area contributed by atoms with E-state index < -0.39 is 0 Å². The van der Waals surface area contributed by atoms with E-state index in [0.29, 0.717) is 18.8 Å². The normalized spacial score (nSPS) is 17.9. The summed E-state index contributed by atoms with van der Waals surface area (Å²) in [5.74, 6) is 0.615. The Labute approximate surface area is 171 Å². The maximum atomic E-state index is 13.7. The molecule has 1 aromatic carbocycles. The number of carbonyl (C=O) groups excluding carboxylic acids is 1. The maximum absolute atomic E-state index is 13.7. The lowest BCUT2D eigenvalue weighted by Gasteiger charge is -2.42. The smallest absolute Gasteiger partial charge is 0.271 e. The minimum atomic E-state index is -0.295. The Morgan fingerprint density at radius 3 is 2.87 bits per heavy atom. The number of aromatic nitrogens is 4. The number of nitrogens with zero attached hydrogens (tertiary/aromatic N) is 4. The van der Waals surface area contributed by atoms with Gasteiger partial charge in [0.15, 0.2) is 0 Å². The third kappa shape index (κ3) is 2.46. The molecule has 1 saturated heterocycles. The average Bonchev–Trinajstić information content (AvgIpc) is 3.20. The number of rotatable bonds is 2. The van der Waals surface area contributed by atoms with Crippen LogP contribution in [0.15, 0.2) is 36.8 Å². The van der Waals surface area contributed by atoms with E-state index >= 15 is 0 Å². The number of hydrogen-bond acceptors (Lipinski definition) is 4. The SMILES string of the molecule is Cc1c(C(=O)N2CCN(c3ncnc4[nH]ccc34)CC23CC3)[nH]c2ccc(F)cc12. The fraction of sp³-hybridized carbons (Fsp3) is 0.318. The third-order valence-corrected chi connectivity index (χ3v) is 6.59. The summed E-state index contributed by atoms with van der Waals surface area (Å²) in [5.41, 5.74) is 2.81. The van der Waals surface area contributed by atoms with Crippen LogP contribution < -0.4 is 4.90 Å². The predicted molar refractivity (Wildman–Crippen MR) is 112 cm³/mol. The van der Waals surface area contributed by atoms with E-state index in [-0.39, 0.29) is 17.3 Å². The summed E-state index contributed by atoms with van der Waals surface area (Å²) in [6.45, 7) is 3.96. The lowest BCUT2D eigenvalue weighted by molar-refractivity contribution is 0.0618. The first-order valence-corrected chi connectivity index (χ1v) is 10.2. The van der Waals surface area contributed by atoms with Crippen LogP contribution in [0.5, 0.6) is 0 Å². The van der Waals surface area contributed by atoms with Gasteiger partial charge in [0.25, 0.3) is 5.91 Å². The Morgan fingerprint density at radius 2 is 2.03 bits per heavy atom. The summed E-state index contributed by atoms with van der Waals surface area (Å²) in [6, 6.07) is 6.59. The molecule has 4 heterocycles. The minimum absolute atomic E-state index is 0.00395. The number of anilines is 1. The molecule has 0 radical (unpaired) electrons. The molecule has 30 heavy (non-hydrogen) atoms. The second kappa shape index (κ2) is 6.04. The van der Waals surface area contributed by atoms with Crippen molar-refractivity contribution in [1.82, 2.24) is 24.8 Å². The van der Waals surface area contributed by atoms with Crippen molar-refractivity contribution >= 4 is 33.7 Å². The molecule has 6 rings (SSSR count). The van der Waals surface area contributed by atoms with Crippen molar-refractivity contribution in [3.8, 4) is 0 Å². The number of benzene rings is 1. The molecule has 4 aromatic rings. The van der Waals surface area contributed by atoms with Gasteiger partial charge >= 0.3 is 0 Å². The van der Waals surface area contributed by atoms with Gasteiger partial charge in [0.2, 0.25) is 0 Å². The van der Waals surface area contributed by atoms with E-state index in [1.54, 1.807) is 12.4 Å². The zero-order valence-electron chi connectivity index (χ0n) is 16.6. The van der Waals surface area contributed by atoms with Gasteiger partial charge in [0.05, 0.1) is 10.9 Å². The topological polar surface area (TPSA) is 80.9 Å². The first kappa shape index (κ1) is 17.4. The van der Waals surface area contributed by atoms with Crippen molar-refractivity contribution < 1.29 is 9.18 Å². The molecule has 2 fully saturated rings. The summed E-state index contributed by atoms with van der Waals surface area (Å²) in [5, 5.41) is 1.76. The van der Waals surface area contributed by atoms with Gasteiger partial charge in [-0.2, -0.15) is 0 Å². The first-order chi connectivity index (χ1) is 14.6. The van der Waals surface area contributed by atoms with Gasteiger partial charge in [-0.15, -0.1) is 0 Å².